The summed E-state index contributed by atoms with van der Waals surface area (Å²) in [7, 11) is 2.95. The zero-order chi connectivity index (χ0) is 9.14. The van der Waals surface area contributed by atoms with Crippen LogP contribution in [0.3, 0.4) is 0 Å². The van der Waals surface area contributed by atoms with Crippen molar-refractivity contribution in [2.75, 3.05) is 20.8 Å². The standard InChI is InChI=1S/C7H14O5/c1-10-5-4(3-8)12-7(9)6(5)11-2/h4-9H,3H2,1-2H3/t4-,5-,6-,7?/m0/s1. The van der Waals surface area contributed by atoms with Gasteiger partial charge in [-0.2, -0.15) is 0 Å². The average Bonchev–Trinajstić information content (AvgIpc) is 2.40. The van der Waals surface area contributed by atoms with Gasteiger partial charge < -0.3 is 24.4 Å². The summed E-state index contributed by atoms with van der Waals surface area (Å²) in [4.78, 5) is 0. The zero-order valence-corrected chi connectivity index (χ0v) is 7.14. The van der Waals surface area contributed by atoms with Gasteiger partial charge in [0.1, 0.15) is 18.3 Å². The highest BCUT2D eigenvalue weighted by Crippen LogP contribution is 2.23. The predicted molar refractivity (Wildman–Crippen MR) is 39.6 cm³/mol. The molecule has 12 heavy (non-hydrogen) atoms. The Hall–Kier alpha value is -0.200. The number of ether oxygens (including phenoxy) is 3. The molecular weight excluding hydrogens is 164 g/mol. The van der Waals surface area contributed by atoms with Gasteiger partial charge in [-0.05, 0) is 0 Å². The molecule has 1 heterocycles. The minimum absolute atomic E-state index is 0.185. The third kappa shape index (κ3) is 1.60. The lowest BCUT2D eigenvalue weighted by Gasteiger charge is -2.18. The molecule has 0 radical (unpaired) electrons. The van der Waals surface area contributed by atoms with Crippen LogP contribution in [0.4, 0.5) is 0 Å². The fraction of sp³-hybridized carbons (Fsp3) is 1.00. The van der Waals surface area contributed by atoms with Gasteiger partial charge in [0.25, 0.3) is 0 Å². The van der Waals surface area contributed by atoms with E-state index in [1.165, 1.54) is 14.2 Å². The Labute approximate surface area is 70.9 Å². The second kappa shape index (κ2) is 4.15. The van der Waals surface area contributed by atoms with Gasteiger partial charge >= 0.3 is 0 Å². The molecule has 0 spiro atoms. The third-order valence-electron chi connectivity index (χ3n) is 2.01. The summed E-state index contributed by atoms with van der Waals surface area (Å²) in [5.41, 5.74) is 0. The minimum atomic E-state index is -1.02. The van der Waals surface area contributed by atoms with E-state index >= 15 is 0 Å². The van der Waals surface area contributed by atoms with E-state index < -0.39 is 24.6 Å². The van der Waals surface area contributed by atoms with Crippen molar-refractivity contribution in [1.29, 1.82) is 0 Å². The van der Waals surface area contributed by atoms with E-state index in [1.807, 2.05) is 0 Å². The molecule has 0 bridgehead atoms. The summed E-state index contributed by atoms with van der Waals surface area (Å²) < 4.78 is 14.9. The van der Waals surface area contributed by atoms with Crippen LogP contribution in [0.2, 0.25) is 0 Å². The molecule has 5 heteroatoms. The maximum absolute atomic E-state index is 9.25. The first-order valence-electron chi connectivity index (χ1n) is 3.74. The molecule has 4 atom stereocenters. The lowest BCUT2D eigenvalue weighted by Crippen LogP contribution is -2.37. The molecule has 0 saturated carbocycles. The summed E-state index contributed by atoms with van der Waals surface area (Å²) in [6, 6.07) is 0. The normalized spacial score (nSPS) is 42.0. The highest BCUT2D eigenvalue weighted by molar-refractivity contribution is 4.87. The van der Waals surface area contributed by atoms with Crippen molar-refractivity contribution in [3.8, 4) is 0 Å². The second-order valence-electron chi connectivity index (χ2n) is 2.65. The smallest absolute Gasteiger partial charge is 0.184 e. The van der Waals surface area contributed by atoms with Crippen molar-refractivity contribution in [1.82, 2.24) is 0 Å². The molecule has 0 aliphatic carbocycles. The first-order chi connectivity index (χ1) is 5.74. The Balaban J connectivity index is 2.61. The maximum Gasteiger partial charge on any atom is 0.184 e. The van der Waals surface area contributed by atoms with E-state index in [9.17, 15) is 5.11 Å². The fourth-order valence-electron chi connectivity index (χ4n) is 1.39. The molecule has 0 aromatic rings. The molecule has 5 nitrogen and oxygen atoms in total. The van der Waals surface area contributed by atoms with E-state index in [0.29, 0.717) is 0 Å². The minimum Gasteiger partial charge on any atom is -0.394 e. The van der Waals surface area contributed by atoms with Gasteiger partial charge in [-0.3, -0.25) is 0 Å². The molecule has 1 aliphatic rings. The van der Waals surface area contributed by atoms with Crippen LogP contribution < -0.4 is 0 Å². The first-order valence-corrected chi connectivity index (χ1v) is 3.74. The number of hydrogen-bond donors (Lipinski definition) is 2. The van der Waals surface area contributed by atoms with Gasteiger partial charge in [-0.25, -0.2) is 0 Å². The quantitative estimate of drug-likeness (QED) is 0.563. The van der Waals surface area contributed by atoms with Crippen molar-refractivity contribution in [2.45, 2.75) is 24.6 Å². The number of hydrogen-bond acceptors (Lipinski definition) is 5. The maximum atomic E-state index is 9.25. The van der Waals surface area contributed by atoms with Crippen LogP contribution >= 0.6 is 0 Å². The van der Waals surface area contributed by atoms with Crippen LogP contribution in [-0.2, 0) is 14.2 Å². The summed E-state index contributed by atoms with van der Waals surface area (Å²) >= 11 is 0. The summed E-state index contributed by atoms with van der Waals surface area (Å²) in [5.74, 6) is 0. The lowest BCUT2D eigenvalue weighted by molar-refractivity contribution is -0.140. The molecule has 1 saturated heterocycles. The number of rotatable bonds is 3. The topological polar surface area (TPSA) is 68.2 Å². The van der Waals surface area contributed by atoms with Gasteiger partial charge in [0.05, 0.1) is 6.61 Å². The van der Waals surface area contributed by atoms with Gasteiger partial charge in [0.2, 0.25) is 0 Å². The zero-order valence-electron chi connectivity index (χ0n) is 7.14. The van der Waals surface area contributed by atoms with Gasteiger partial charge in [0, 0.05) is 14.2 Å². The van der Waals surface area contributed by atoms with Crippen LogP contribution in [0.15, 0.2) is 0 Å². The lowest BCUT2D eigenvalue weighted by atomic mass is 10.1. The summed E-state index contributed by atoms with van der Waals surface area (Å²) in [5, 5.41) is 18.1. The monoisotopic (exact) mass is 178 g/mol. The number of aliphatic hydroxyl groups excluding tert-OH is 2. The number of aliphatic hydroxyl groups is 2. The molecule has 1 unspecified atom stereocenters. The molecule has 72 valence electrons. The van der Waals surface area contributed by atoms with Crippen molar-refractivity contribution >= 4 is 0 Å². The van der Waals surface area contributed by atoms with Gasteiger partial charge in [0.15, 0.2) is 6.29 Å². The molecule has 0 amide bonds. The molecule has 0 aromatic carbocycles. The molecular formula is C7H14O5. The van der Waals surface area contributed by atoms with Crippen LogP contribution in [-0.4, -0.2) is 55.6 Å². The van der Waals surface area contributed by atoms with Gasteiger partial charge in [-0.15, -0.1) is 0 Å². The van der Waals surface area contributed by atoms with E-state index in [1.54, 1.807) is 0 Å². The van der Waals surface area contributed by atoms with Crippen LogP contribution in [0.5, 0.6) is 0 Å². The van der Waals surface area contributed by atoms with Crippen molar-refractivity contribution in [2.24, 2.45) is 0 Å². The van der Waals surface area contributed by atoms with E-state index in [-0.39, 0.29) is 6.61 Å². The Bertz CT molecular complexity index is 140. The average molecular weight is 178 g/mol. The third-order valence-corrected chi connectivity index (χ3v) is 2.01. The molecule has 1 aliphatic heterocycles. The molecule has 2 N–H and O–H groups in total. The highest BCUT2D eigenvalue weighted by atomic mass is 16.7. The van der Waals surface area contributed by atoms with E-state index in [4.69, 9.17) is 19.3 Å². The van der Waals surface area contributed by atoms with Gasteiger partial charge in [-0.1, -0.05) is 0 Å². The Morgan fingerprint density at radius 1 is 1.25 bits per heavy atom. The van der Waals surface area contributed by atoms with Crippen molar-refractivity contribution in [3.63, 3.8) is 0 Å². The van der Waals surface area contributed by atoms with Crippen LogP contribution in [0.25, 0.3) is 0 Å². The predicted octanol–water partition coefficient (Wildman–Crippen LogP) is -1.27. The van der Waals surface area contributed by atoms with Crippen LogP contribution in [0.1, 0.15) is 0 Å². The van der Waals surface area contributed by atoms with Crippen molar-refractivity contribution in [3.05, 3.63) is 0 Å². The summed E-state index contributed by atoms with van der Waals surface area (Å²) in [6.07, 6.45) is -2.45. The second-order valence-corrected chi connectivity index (χ2v) is 2.65. The molecule has 1 rings (SSSR count). The van der Waals surface area contributed by atoms with E-state index in [2.05, 4.69) is 0 Å². The Morgan fingerprint density at radius 3 is 2.25 bits per heavy atom. The first kappa shape index (κ1) is 9.88. The highest BCUT2D eigenvalue weighted by Gasteiger charge is 2.44. The molecule has 1 fully saturated rings. The van der Waals surface area contributed by atoms with Crippen LogP contribution in [0, 0.1) is 0 Å². The SMILES string of the molecule is CO[C@H]1[C@H](CO)OC(O)[C@H]1OC. The largest absolute Gasteiger partial charge is 0.394 e. The Kier molecular flexibility index (Phi) is 3.42. The molecule has 0 aromatic heterocycles. The fourth-order valence-corrected chi connectivity index (χ4v) is 1.39. The Morgan fingerprint density at radius 2 is 1.83 bits per heavy atom. The number of methoxy groups -OCH3 is 2. The summed E-state index contributed by atoms with van der Waals surface area (Å²) in [6.45, 7) is -0.185. The van der Waals surface area contributed by atoms with Crippen molar-refractivity contribution < 1.29 is 24.4 Å². The van der Waals surface area contributed by atoms with E-state index in [0.717, 1.165) is 0 Å².